The molecule has 0 aliphatic carbocycles. The average Bonchev–Trinajstić information content (AvgIpc) is 3.55. The molecule has 5 rings (SSSR count). The molecule has 3 heterocycles. The Bertz CT molecular complexity index is 1410. The Hall–Kier alpha value is -3.95. The number of nitrogens with zero attached hydrogens (tertiary/aromatic N) is 3. The minimum atomic E-state index is -1.25. The molecule has 0 aromatic heterocycles. The van der Waals surface area contributed by atoms with Crippen LogP contribution in [-0.4, -0.2) is 82.7 Å². The molecule has 0 radical (unpaired) electrons. The van der Waals surface area contributed by atoms with E-state index in [0.29, 0.717) is 30.9 Å². The molecule has 1 N–H and O–H groups in total. The number of aliphatic hydroxyl groups is 1. The summed E-state index contributed by atoms with van der Waals surface area (Å²) in [5.41, 5.74) is -0.645. The second-order valence-electron chi connectivity index (χ2n) is 12.4. The molecule has 3 saturated heterocycles. The number of fused-ring (bicyclic) bond motifs is 1. The van der Waals surface area contributed by atoms with Gasteiger partial charge < -0.3 is 29.3 Å². The first-order valence-electron chi connectivity index (χ1n) is 15.2. The second kappa shape index (κ2) is 12.2. The summed E-state index contributed by atoms with van der Waals surface area (Å²) >= 11 is 0. The molecule has 3 unspecified atom stereocenters. The van der Waals surface area contributed by atoms with E-state index in [2.05, 4.69) is 13.2 Å². The van der Waals surface area contributed by atoms with Gasteiger partial charge in [-0.15, -0.1) is 13.2 Å². The van der Waals surface area contributed by atoms with Crippen molar-refractivity contribution < 1.29 is 29.0 Å². The van der Waals surface area contributed by atoms with E-state index >= 15 is 0 Å². The number of rotatable bonds is 12. The minimum absolute atomic E-state index is 0.115. The zero-order valence-corrected chi connectivity index (χ0v) is 26.0. The summed E-state index contributed by atoms with van der Waals surface area (Å²) in [6, 6.07) is 15.1. The number of carbonyl (C=O) groups is 3. The third-order valence-electron chi connectivity index (χ3n) is 9.83. The SMILES string of the molecule is C=CCN(Cc1ccccc1)C(=O)[C@@H]1[C@H]2C(=O)N([C@H](C)CO)C(C(=O)N(CC=C)c3ccc(OC)cc3)C23CC(C)[C@@]1(C)O3. The highest BCUT2D eigenvalue weighted by atomic mass is 16.5. The summed E-state index contributed by atoms with van der Waals surface area (Å²) in [6.07, 6.45) is 3.74. The molecule has 2 bridgehead atoms. The number of methoxy groups -OCH3 is 1. The Labute approximate surface area is 259 Å². The summed E-state index contributed by atoms with van der Waals surface area (Å²) in [5.74, 6) is -2.06. The maximum atomic E-state index is 14.7. The van der Waals surface area contributed by atoms with Crippen LogP contribution in [0.1, 0.15) is 32.8 Å². The fourth-order valence-electron chi connectivity index (χ4n) is 7.64. The van der Waals surface area contributed by atoms with Gasteiger partial charge in [-0.1, -0.05) is 49.4 Å². The molecule has 3 amide bonds. The third-order valence-corrected chi connectivity index (χ3v) is 9.83. The molecule has 2 aromatic rings. The lowest BCUT2D eigenvalue weighted by molar-refractivity contribution is -0.153. The zero-order chi connectivity index (χ0) is 31.8. The quantitative estimate of drug-likeness (QED) is 0.372. The van der Waals surface area contributed by atoms with E-state index < -0.39 is 35.1 Å². The summed E-state index contributed by atoms with van der Waals surface area (Å²) < 4.78 is 12.2. The van der Waals surface area contributed by atoms with Gasteiger partial charge in [0.05, 0.1) is 37.2 Å². The Morgan fingerprint density at radius 1 is 1.11 bits per heavy atom. The van der Waals surface area contributed by atoms with Gasteiger partial charge in [-0.25, -0.2) is 0 Å². The van der Waals surface area contributed by atoms with Crippen molar-refractivity contribution in [2.24, 2.45) is 17.8 Å². The van der Waals surface area contributed by atoms with Gasteiger partial charge in [0.25, 0.3) is 5.91 Å². The van der Waals surface area contributed by atoms with Crippen LogP contribution in [-0.2, 0) is 25.7 Å². The van der Waals surface area contributed by atoms with Gasteiger partial charge >= 0.3 is 0 Å². The smallest absolute Gasteiger partial charge is 0.253 e. The first-order valence-corrected chi connectivity index (χ1v) is 15.2. The Kier molecular flexibility index (Phi) is 8.73. The van der Waals surface area contributed by atoms with Crippen molar-refractivity contribution in [3.63, 3.8) is 0 Å². The maximum absolute atomic E-state index is 14.7. The predicted molar refractivity (Wildman–Crippen MR) is 168 cm³/mol. The number of benzene rings is 2. The van der Waals surface area contributed by atoms with Crippen molar-refractivity contribution in [2.45, 2.75) is 57.0 Å². The van der Waals surface area contributed by atoms with Crippen molar-refractivity contribution in [1.29, 1.82) is 0 Å². The largest absolute Gasteiger partial charge is 0.497 e. The highest BCUT2D eigenvalue weighted by Crippen LogP contribution is 2.66. The Morgan fingerprint density at radius 3 is 2.36 bits per heavy atom. The molecular weight excluding hydrogens is 558 g/mol. The van der Waals surface area contributed by atoms with Crippen molar-refractivity contribution in [3.05, 3.63) is 85.5 Å². The third kappa shape index (κ3) is 4.92. The number of anilines is 1. The van der Waals surface area contributed by atoms with Crippen LogP contribution in [0.15, 0.2) is 79.9 Å². The van der Waals surface area contributed by atoms with Crippen LogP contribution in [0.3, 0.4) is 0 Å². The molecule has 2 aromatic carbocycles. The molecule has 7 atom stereocenters. The van der Waals surface area contributed by atoms with Crippen molar-refractivity contribution >= 4 is 23.4 Å². The number of amides is 3. The van der Waals surface area contributed by atoms with Crippen molar-refractivity contribution in [1.82, 2.24) is 9.80 Å². The van der Waals surface area contributed by atoms with Crippen LogP contribution < -0.4 is 9.64 Å². The van der Waals surface area contributed by atoms with Gasteiger partial charge in [0.2, 0.25) is 11.8 Å². The first-order chi connectivity index (χ1) is 21.1. The zero-order valence-electron chi connectivity index (χ0n) is 26.0. The van der Waals surface area contributed by atoms with Crippen LogP contribution in [0, 0.1) is 17.8 Å². The lowest BCUT2D eigenvalue weighted by Crippen LogP contribution is -2.58. The van der Waals surface area contributed by atoms with Gasteiger partial charge in [-0.05, 0) is 56.0 Å². The molecule has 1 spiro atoms. The number of hydrogen-bond donors (Lipinski definition) is 1. The summed E-state index contributed by atoms with van der Waals surface area (Å²) in [6.45, 7) is 13.9. The number of likely N-dealkylation sites (tertiary alicyclic amines) is 1. The van der Waals surface area contributed by atoms with Gasteiger partial charge in [-0.3, -0.25) is 14.4 Å². The molecule has 234 valence electrons. The highest BCUT2D eigenvalue weighted by Gasteiger charge is 2.80. The number of aliphatic hydroxyl groups excluding tert-OH is 1. The van der Waals surface area contributed by atoms with Crippen LogP contribution in [0.25, 0.3) is 0 Å². The molecule has 0 saturated carbocycles. The topological polar surface area (TPSA) is 99.6 Å². The standard InChI is InChI=1S/C35H43N3O6/c1-7-18-36(21-25-12-10-9-11-13-25)31(40)28-29-32(41)38(24(4)22-39)30(35(29)20-23(3)34(28,5)44-35)33(42)37(19-8-2)26-14-16-27(43-6)17-15-26/h7-17,23-24,28-30,39H,1-2,18-22H2,3-6H3/t23?,24-,28+,29+,30?,34-,35?/m1/s1. The molecule has 3 aliphatic heterocycles. The normalized spacial score (nSPS) is 29.2. The van der Waals surface area contributed by atoms with Gasteiger partial charge in [0.15, 0.2) is 0 Å². The summed E-state index contributed by atoms with van der Waals surface area (Å²) in [5, 5.41) is 10.3. The minimum Gasteiger partial charge on any atom is -0.497 e. The van der Waals surface area contributed by atoms with E-state index in [1.165, 1.54) is 4.90 Å². The molecule has 44 heavy (non-hydrogen) atoms. The van der Waals surface area contributed by atoms with Crippen LogP contribution >= 0.6 is 0 Å². The predicted octanol–water partition coefficient (Wildman–Crippen LogP) is 3.82. The van der Waals surface area contributed by atoms with Crippen molar-refractivity contribution in [3.8, 4) is 5.75 Å². The van der Waals surface area contributed by atoms with Gasteiger partial charge in [-0.2, -0.15) is 0 Å². The molecule has 9 heteroatoms. The molecular formula is C35H43N3O6. The van der Waals surface area contributed by atoms with E-state index in [1.807, 2.05) is 44.2 Å². The van der Waals surface area contributed by atoms with Crippen LogP contribution in [0.5, 0.6) is 5.75 Å². The van der Waals surface area contributed by atoms with Crippen LogP contribution in [0.2, 0.25) is 0 Å². The van der Waals surface area contributed by atoms with Gasteiger partial charge in [0, 0.05) is 25.3 Å². The number of hydrogen-bond acceptors (Lipinski definition) is 6. The van der Waals surface area contributed by atoms with Crippen molar-refractivity contribution in [2.75, 3.05) is 31.7 Å². The van der Waals surface area contributed by atoms with E-state index in [9.17, 15) is 19.5 Å². The second-order valence-corrected chi connectivity index (χ2v) is 12.4. The Morgan fingerprint density at radius 2 is 1.77 bits per heavy atom. The van der Waals surface area contributed by atoms with Gasteiger partial charge in [0.1, 0.15) is 17.4 Å². The highest BCUT2D eigenvalue weighted by molar-refractivity contribution is 6.05. The maximum Gasteiger partial charge on any atom is 0.253 e. The Balaban J connectivity index is 1.59. The molecule has 9 nitrogen and oxygen atoms in total. The number of ether oxygens (including phenoxy) is 2. The van der Waals surface area contributed by atoms with E-state index in [-0.39, 0.29) is 36.8 Å². The number of carbonyl (C=O) groups excluding carboxylic acids is 3. The van der Waals surface area contributed by atoms with Crippen LogP contribution in [0.4, 0.5) is 5.69 Å². The van der Waals surface area contributed by atoms with E-state index in [4.69, 9.17) is 9.47 Å². The fourth-order valence-corrected chi connectivity index (χ4v) is 7.64. The molecule has 3 fully saturated rings. The monoisotopic (exact) mass is 601 g/mol. The van der Waals surface area contributed by atoms with E-state index in [1.54, 1.807) is 60.3 Å². The van der Waals surface area contributed by atoms with E-state index in [0.717, 1.165) is 5.56 Å². The fraction of sp³-hybridized carbons (Fsp3) is 0.457. The average molecular weight is 602 g/mol. The summed E-state index contributed by atoms with van der Waals surface area (Å²) in [4.78, 5) is 48.6. The lowest BCUT2D eigenvalue weighted by Gasteiger charge is -2.39. The first kappa shape index (κ1) is 31.5. The summed E-state index contributed by atoms with van der Waals surface area (Å²) in [7, 11) is 1.57. The lowest BCUT2D eigenvalue weighted by atomic mass is 9.62. The molecule has 3 aliphatic rings.